The second kappa shape index (κ2) is 16.1. The van der Waals surface area contributed by atoms with Gasteiger partial charge in [0.2, 0.25) is 5.91 Å². The van der Waals surface area contributed by atoms with Gasteiger partial charge in [0, 0.05) is 29.2 Å². The number of aliphatic carboxylic acids is 1. The molecule has 1 heterocycles. The maximum absolute atomic E-state index is 13.7. The second-order valence-electron chi connectivity index (χ2n) is 13.6. The fourth-order valence-electron chi connectivity index (χ4n) is 6.81. The summed E-state index contributed by atoms with van der Waals surface area (Å²) in [5.41, 5.74) is 4.61. The van der Waals surface area contributed by atoms with E-state index in [1.165, 1.54) is 19.3 Å². The van der Waals surface area contributed by atoms with Gasteiger partial charge in [-0.1, -0.05) is 101 Å². The third kappa shape index (κ3) is 9.46. The average Bonchev–Trinajstić information content (AvgIpc) is 2.99. The molecule has 1 fully saturated rings. The van der Waals surface area contributed by atoms with E-state index in [0.717, 1.165) is 58.7 Å². The molecule has 7 nitrogen and oxygen atoms in total. The summed E-state index contributed by atoms with van der Waals surface area (Å²) in [6, 6.07) is 21.9. The largest absolute Gasteiger partial charge is 1.00 e. The van der Waals surface area contributed by atoms with Crippen molar-refractivity contribution in [1.82, 2.24) is 0 Å². The zero-order chi connectivity index (χ0) is 32.0. The Hall–Kier alpha value is -3.13. The van der Waals surface area contributed by atoms with Crippen LogP contribution in [0.25, 0.3) is 0 Å². The first-order chi connectivity index (χ1) is 21.6. The summed E-state index contributed by atoms with van der Waals surface area (Å²) >= 11 is 0. The summed E-state index contributed by atoms with van der Waals surface area (Å²) in [5.74, 6) is -0.378. The zero-order valence-electron chi connectivity index (χ0n) is 27.6. The molecule has 3 aromatic rings. The van der Waals surface area contributed by atoms with Crippen molar-refractivity contribution in [2.45, 2.75) is 102 Å². The quantitative estimate of drug-likeness (QED) is 0.193. The topological polar surface area (TPSA) is 105 Å². The first-order valence-electron chi connectivity index (χ1n) is 16.2. The summed E-state index contributed by atoms with van der Waals surface area (Å²) in [4.78, 5) is 37.0. The molecule has 0 radical (unpaired) electrons. The van der Waals surface area contributed by atoms with Gasteiger partial charge >= 0.3 is 35.5 Å². The van der Waals surface area contributed by atoms with Gasteiger partial charge in [-0.25, -0.2) is 0 Å². The van der Waals surface area contributed by atoms with Gasteiger partial charge in [0.15, 0.2) is 0 Å². The third-order valence-corrected chi connectivity index (χ3v) is 9.03. The maximum Gasteiger partial charge on any atom is 1.00 e. The van der Waals surface area contributed by atoms with Crippen molar-refractivity contribution in [3.05, 3.63) is 89.0 Å². The van der Waals surface area contributed by atoms with Crippen LogP contribution in [0.5, 0.6) is 11.5 Å². The van der Waals surface area contributed by atoms with Gasteiger partial charge < -0.3 is 24.7 Å². The molecule has 0 saturated heterocycles. The van der Waals surface area contributed by atoms with Crippen LogP contribution in [0.4, 0.5) is 5.69 Å². The SMILES string of the molecule is CC(C)(C)c1ccc(CC[C@@H](CC2CCCCC2)OC(=O)CC(=O)[O-])cc1NC(=O)CC1c2ccccc2Oc2ccccc21.[Na+]. The predicted molar refractivity (Wildman–Crippen MR) is 172 cm³/mol. The Balaban J connectivity index is 0.00000480. The van der Waals surface area contributed by atoms with Crippen molar-refractivity contribution >= 4 is 23.5 Å². The number of esters is 1. The molecule has 3 aromatic carbocycles. The van der Waals surface area contributed by atoms with E-state index in [1.807, 2.05) is 54.6 Å². The average molecular weight is 634 g/mol. The minimum Gasteiger partial charge on any atom is -0.550 e. The van der Waals surface area contributed by atoms with E-state index >= 15 is 0 Å². The molecule has 1 aliphatic heterocycles. The number of nitrogens with one attached hydrogen (secondary N) is 1. The smallest absolute Gasteiger partial charge is 0.550 e. The fraction of sp³-hybridized carbons (Fsp3) is 0.447. The molecule has 46 heavy (non-hydrogen) atoms. The van der Waals surface area contributed by atoms with Gasteiger partial charge in [0.25, 0.3) is 0 Å². The van der Waals surface area contributed by atoms with E-state index in [-0.39, 0.29) is 59.3 Å². The molecule has 1 saturated carbocycles. The van der Waals surface area contributed by atoms with Crippen molar-refractivity contribution in [3.8, 4) is 11.5 Å². The van der Waals surface area contributed by atoms with Crippen molar-refractivity contribution < 1.29 is 58.5 Å². The number of anilines is 1. The van der Waals surface area contributed by atoms with Gasteiger partial charge in [-0.3, -0.25) is 9.59 Å². The van der Waals surface area contributed by atoms with E-state index in [1.54, 1.807) is 0 Å². The molecular weight excluding hydrogens is 589 g/mol. The van der Waals surface area contributed by atoms with E-state index in [4.69, 9.17) is 9.47 Å². The molecule has 0 bridgehead atoms. The molecule has 1 amide bonds. The minimum absolute atomic E-state index is 0. The Morgan fingerprint density at radius 3 is 2.17 bits per heavy atom. The Bertz CT molecular complexity index is 1480. The number of hydrogen-bond acceptors (Lipinski definition) is 6. The molecule has 1 atom stereocenters. The number of amides is 1. The molecule has 1 aliphatic carbocycles. The number of carbonyl (C=O) groups is 3. The summed E-state index contributed by atoms with van der Waals surface area (Å²) in [7, 11) is 0. The van der Waals surface area contributed by atoms with Gasteiger partial charge in [0.05, 0.1) is 12.4 Å². The van der Waals surface area contributed by atoms with Crippen LogP contribution < -0.4 is 44.7 Å². The molecule has 0 unspecified atom stereocenters. The third-order valence-electron chi connectivity index (χ3n) is 9.03. The zero-order valence-corrected chi connectivity index (χ0v) is 29.6. The van der Waals surface area contributed by atoms with Gasteiger partial charge in [-0.2, -0.15) is 0 Å². The number of carboxylic acids is 1. The van der Waals surface area contributed by atoms with Crippen molar-refractivity contribution in [3.63, 3.8) is 0 Å². The summed E-state index contributed by atoms with van der Waals surface area (Å²) in [6.45, 7) is 6.37. The Morgan fingerprint density at radius 2 is 1.57 bits per heavy atom. The monoisotopic (exact) mass is 633 g/mol. The minimum atomic E-state index is -1.43. The Labute approximate surface area is 294 Å². The number of para-hydroxylation sites is 2. The summed E-state index contributed by atoms with van der Waals surface area (Å²) < 4.78 is 11.8. The molecule has 8 heteroatoms. The van der Waals surface area contributed by atoms with Crippen molar-refractivity contribution in [2.24, 2.45) is 5.92 Å². The predicted octanol–water partition coefficient (Wildman–Crippen LogP) is 4.21. The van der Waals surface area contributed by atoms with Crippen LogP contribution in [0, 0.1) is 5.92 Å². The fourth-order valence-corrected chi connectivity index (χ4v) is 6.81. The molecule has 2 aliphatic rings. The van der Waals surface area contributed by atoms with Crippen LogP contribution in [0.15, 0.2) is 66.7 Å². The normalized spacial score (nSPS) is 15.4. The maximum atomic E-state index is 13.7. The Morgan fingerprint density at radius 1 is 0.935 bits per heavy atom. The Kier molecular flexibility index (Phi) is 12.5. The standard InChI is InChI=1S/C38H45NO6.Na/c1-38(2,3)31-20-18-26(17-19-27(44-37(43)24-36(41)42)21-25-11-5-4-6-12-25)22-32(31)39-35(40)23-30-28-13-7-9-15-33(28)45-34-16-10-8-14-29(30)34;/h7-10,13-16,18,20,22,25,27,30H,4-6,11-12,17,19,21,23-24H2,1-3H3,(H,39,40)(H,41,42);/q;+1/p-1/t27-;/m0./s1. The molecule has 0 aromatic heterocycles. The van der Waals surface area contributed by atoms with Crippen molar-refractivity contribution in [1.29, 1.82) is 0 Å². The number of fused-ring (bicyclic) bond motifs is 2. The van der Waals surface area contributed by atoms with E-state index in [0.29, 0.717) is 18.8 Å². The van der Waals surface area contributed by atoms with Crippen LogP contribution in [0.2, 0.25) is 0 Å². The first-order valence-corrected chi connectivity index (χ1v) is 16.2. The second-order valence-corrected chi connectivity index (χ2v) is 13.6. The number of hydrogen-bond donors (Lipinski definition) is 1. The summed E-state index contributed by atoms with van der Waals surface area (Å²) in [5, 5.41) is 14.2. The first kappa shape index (κ1) is 35.7. The number of benzene rings is 3. The molecule has 5 rings (SSSR count). The molecule has 1 N–H and O–H groups in total. The van der Waals surface area contributed by atoms with Gasteiger partial charge in [0.1, 0.15) is 17.6 Å². The van der Waals surface area contributed by atoms with E-state index in [9.17, 15) is 19.5 Å². The number of carboxylic acid groups (broad SMARTS) is 1. The van der Waals surface area contributed by atoms with Crippen molar-refractivity contribution in [2.75, 3.05) is 5.32 Å². The number of carbonyl (C=O) groups excluding carboxylic acids is 3. The van der Waals surface area contributed by atoms with Crippen LogP contribution in [-0.2, 0) is 31.0 Å². The molecule has 238 valence electrons. The van der Waals surface area contributed by atoms with Gasteiger partial charge in [-0.15, -0.1) is 0 Å². The van der Waals surface area contributed by atoms with E-state index in [2.05, 4.69) is 38.2 Å². The molecular formula is C38H44NNaO6. The summed E-state index contributed by atoms with van der Waals surface area (Å²) in [6.07, 6.45) is 6.89. The number of ether oxygens (including phenoxy) is 2. The van der Waals surface area contributed by atoms with Crippen LogP contribution in [0.1, 0.15) is 107 Å². The number of rotatable bonds is 11. The van der Waals surface area contributed by atoms with Crippen LogP contribution in [-0.4, -0.2) is 23.9 Å². The van der Waals surface area contributed by atoms with Crippen LogP contribution in [0.3, 0.4) is 0 Å². The van der Waals surface area contributed by atoms with E-state index < -0.39 is 18.4 Å². The van der Waals surface area contributed by atoms with Gasteiger partial charge in [-0.05, 0) is 59.9 Å². The molecule has 0 spiro atoms. The number of aryl methyl sites for hydroxylation is 1. The van der Waals surface area contributed by atoms with Crippen LogP contribution >= 0.6 is 0 Å².